The van der Waals surface area contributed by atoms with E-state index in [4.69, 9.17) is 14.6 Å². The molecule has 0 bridgehead atoms. The summed E-state index contributed by atoms with van der Waals surface area (Å²) < 4.78 is 10.4. The van der Waals surface area contributed by atoms with Gasteiger partial charge in [0.15, 0.2) is 0 Å². The Hall–Kier alpha value is -2.63. The summed E-state index contributed by atoms with van der Waals surface area (Å²) in [5, 5.41) is 9.05. The number of methoxy groups -OCH3 is 1. The fourth-order valence-corrected chi connectivity index (χ4v) is 1.34. The number of hydrogen-bond acceptors (Lipinski definition) is 5. The highest BCUT2D eigenvalue weighted by Gasteiger charge is 2.13. The number of carboxylic acids is 1. The maximum Gasteiger partial charge on any atom is 0.339 e. The number of aromatic nitrogens is 2. The van der Waals surface area contributed by atoms with Crippen LogP contribution in [0.1, 0.15) is 10.4 Å². The summed E-state index contributed by atoms with van der Waals surface area (Å²) in [5.41, 5.74) is 0.0365. The first kappa shape index (κ1) is 11.8. The fourth-order valence-electron chi connectivity index (χ4n) is 1.34. The Bertz CT molecular complexity index is 557. The number of carbonyl (C=O) groups is 1. The second-order valence-corrected chi connectivity index (χ2v) is 3.32. The Morgan fingerprint density at radius 2 is 2.17 bits per heavy atom. The molecule has 1 aromatic heterocycles. The zero-order valence-electron chi connectivity index (χ0n) is 9.53. The Kier molecular flexibility index (Phi) is 3.38. The summed E-state index contributed by atoms with van der Waals surface area (Å²) in [4.78, 5) is 18.7. The van der Waals surface area contributed by atoms with Crippen LogP contribution >= 0.6 is 0 Å². The normalized spacial score (nSPS) is 9.83. The quantitative estimate of drug-likeness (QED) is 0.888. The van der Waals surface area contributed by atoms with Crippen LogP contribution in [0.2, 0.25) is 0 Å². The molecule has 0 aliphatic rings. The van der Waals surface area contributed by atoms with Crippen molar-refractivity contribution in [3.8, 4) is 17.4 Å². The lowest BCUT2D eigenvalue weighted by molar-refractivity contribution is 0.0694. The second-order valence-electron chi connectivity index (χ2n) is 3.32. The fraction of sp³-hybridized carbons (Fsp3) is 0.0833. The summed E-state index contributed by atoms with van der Waals surface area (Å²) in [5.74, 6) is -0.146. The van der Waals surface area contributed by atoms with Gasteiger partial charge < -0.3 is 14.6 Å². The third-order valence-electron chi connectivity index (χ3n) is 2.19. The second kappa shape index (κ2) is 5.13. The molecule has 0 aliphatic carbocycles. The molecule has 6 heteroatoms. The van der Waals surface area contributed by atoms with Gasteiger partial charge in [-0.3, -0.25) is 0 Å². The molecule has 6 nitrogen and oxygen atoms in total. The molecule has 0 unspecified atom stereocenters. The zero-order chi connectivity index (χ0) is 13.0. The van der Waals surface area contributed by atoms with E-state index in [1.165, 1.54) is 37.8 Å². The number of ether oxygens (including phenoxy) is 2. The minimum atomic E-state index is -1.08. The highest BCUT2D eigenvalue weighted by molar-refractivity contribution is 5.91. The zero-order valence-corrected chi connectivity index (χ0v) is 9.53. The van der Waals surface area contributed by atoms with Gasteiger partial charge in [-0.1, -0.05) is 0 Å². The molecule has 1 heterocycles. The molecule has 0 saturated heterocycles. The van der Waals surface area contributed by atoms with Gasteiger partial charge in [0.1, 0.15) is 23.4 Å². The van der Waals surface area contributed by atoms with Gasteiger partial charge in [0.25, 0.3) is 0 Å². The molecule has 0 radical (unpaired) electrons. The van der Waals surface area contributed by atoms with Crippen molar-refractivity contribution in [1.82, 2.24) is 9.97 Å². The molecule has 2 rings (SSSR count). The number of aromatic carboxylic acids is 1. The molecule has 0 amide bonds. The van der Waals surface area contributed by atoms with Crippen LogP contribution in [0.3, 0.4) is 0 Å². The van der Waals surface area contributed by atoms with Gasteiger partial charge in [-0.2, -0.15) is 0 Å². The van der Waals surface area contributed by atoms with Crippen molar-refractivity contribution in [2.24, 2.45) is 0 Å². The van der Waals surface area contributed by atoms with Crippen LogP contribution < -0.4 is 9.47 Å². The first-order valence-corrected chi connectivity index (χ1v) is 5.06. The van der Waals surface area contributed by atoms with E-state index in [1.54, 1.807) is 6.07 Å². The van der Waals surface area contributed by atoms with E-state index in [2.05, 4.69) is 9.97 Å². The predicted octanol–water partition coefficient (Wildman–Crippen LogP) is 1.98. The molecule has 0 saturated carbocycles. The van der Waals surface area contributed by atoms with Crippen LogP contribution in [0.4, 0.5) is 0 Å². The van der Waals surface area contributed by atoms with Crippen molar-refractivity contribution in [3.63, 3.8) is 0 Å². The van der Waals surface area contributed by atoms with Crippen LogP contribution in [-0.4, -0.2) is 28.2 Å². The molecule has 2 aromatic rings. The average Bonchev–Trinajstić information content (AvgIpc) is 2.39. The first-order chi connectivity index (χ1) is 8.70. The summed E-state index contributed by atoms with van der Waals surface area (Å²) in [6.45, 7) is 0. The predicted molar refractivity (Wildman–Crippen MR) is 62.1 cm³/mol. The topological polar surface area (TPSA) is 81.5 Å². The largest absolute Gasteiger partial charge is 0.497 e. The molecule has 18 heavy (non-hydrogen) atoms. The van der Waals surface area contributed by atoms with E-state index >= 15 is 0 Å². The number of benzene rings is 1. The highest BCUT2D eigenvalue weighted by atomic mass is 16.5. The van der Waals surface area contributed by atoms with Crippen molar-refractivity contribution in [2.45, 2.75) is 0 Å². The maximum absolute atomic E-state index is 11.1. The average molecular weight is 246 g/mol. The molecule has 92 valence electrons. The van der Waals surface area contributed by atoms with Crippen LogP contribution in [0, 0.1) is 0 Å². The van der Waals surface area contributed by atoms with Crippen LogP contribution in [0.25, 0.3) is 0 Å². The van der Waals surface area contributed by atoms with Gasteiger partial charge in [-0.05, 0) is 12.1 Å². The molecular weight excluding hydrogens is 236 g/mol. The van der Waals surface area contributed by atoms with Crippen LogP contribution in [0.15, 0.2) is 36.8 Å². The Labute approximate surface area is 103 Å². The van der Waals surface area contributed by atoms with Crippen LogP contribution in [0.5, 0.6) is 17.4 Å². The maximum atomic E-state index is 11.1. The van der Waals surface area contributed by atoms with Crippen LogP contribution in [-0.2, 0) is 0 Å². The van der Waals surface area contributed by atoms with E-state index in [1.807, 2.05) is 0 Å². The van der Waals surface area contributed by atoms with E-state index in [-0.39, 0.29) is 17.2 Å². The highest BCUT2D eigenvalue weighted by Crippen LogP contribution is 2.28. The van der Waals surface area contributed by atoms with E-state index < -0.39 is 5.97 Å². The van der Waals surface area contributed by atoms with Crippen molar-refractivity contribution in [2.75, 3.05) is 7.11 Å². The van der Waals surface area contributed by atoms with Gasteiger partial charge in [-0.15, -0.1) is 0 Å². The molecule has 0 atom stereocenters. The summed E-state index contributed by atoms with van der Waals surface area (Å²) in [6.07, 6.45) is 2.82. The van der Waals surface area contributed by atoms with Gasteiger partial charge in [-0.25, -0.2) is 14.8 Å². The monoisotopic (exact) mass is 246 g/mol. The number of nitrogens with zero attached hydrogens (tertiary/aromatic N) is 2. The number of rotatable bonds is 4. The van der Waals surface area contributed by atoms with Gasteiger partial charge in [0.2, 0.25) is 5.88 Å². The first-order valence-electron chi connectivity index (χ1n) is 5.06. The SMILES string of the molecule is COc1ccc(C(=O)O)c(Oc2ccncn2)c1. The summed E-state index contributed by atoms with van der Waals surface area (Å²) >= 11 is 0. The summed E-state index contributed by atoms with van der Waals surface area (Å²) in [6, 6.07) is 5.99. The van der Waals surface area contributed by atoms with Crippen molar-refractivity contribution >= 4 is 5.97 Å². The third kappa shape index (κ3) is 2.54. The minimum absolute atomic E-state index is 0.0365. The standard InChI is InChI=1S/C12H10N2O4/c1-17-8-2-3-9(12(15)16)10(6-8)18-11-4-5-13-7-14-11/h2-7H,1H3,(H,15,16). The Morgan fingerprint density at radius 3 is 2.78 bits per heavy atom. The molecule has 1 N–H and O–H groups in total. The third-order valence-corrected chi connectivity index (χ3v) is 2.19. The molecular formula is C12H10N2O4. The molecule has 0 fully saturated rings. The van der Waals surface area contributed by atoms with Crippen molar-refractivity contribution < 1.29 is 19.4 Å². The molecule has 0 spiro atoms. The van der Waals surface area contributed by atoms with E-state index in [0.29, 0.717) is 5.75 Å². The van der Waals surface area contributed by atoms with E-state index in [9.17, 15) is 4.79 Å². The van der Waals surface area contributed by atoms with Gasteiger partial charge >= 0.3 is 5.97 Å². The van der Waals surface area contributed by atoms with Crippen molar-refractivity contribution in [3.05, 3.63) is 42.4 Å². The lowest BCUT2D eigenvalue weighted by atomic mass is 10.2. The summed E-state index contributed by atoms with van der Waals surface area (Å²) in [7, 11) is 1.49. The molecule has 1 aromatic carbocycles. The lowest BCUT2D eigenvalue weighted by Gasteiger charge is -2.09. The Balaban J connectivity index is 2.38. The minimum Gasteiger partial charge on any atom is -0.497 e. The smallest absolute Gasteiger partial charge is 0.339 e. The number of carboxylic acid groups (broad SMARTS) is 1. The van der Waals surface area contributed by atoms with E-state index in [0.717, 1.165) is 0 Å². The van der Waals surface area contributed by atoms with Crippen molar-refractivity contribution in [1.29, 1.82) is 0 Å². The lowest BCUT2D eigenvalue weighted by Crippen LogP contribution is -2.01. The Morgan fingerprint density at radius 1 is 1.33 bits per heavy atom. The molecule has 0 aliphatic heterocycles. The number of hydrogen-bond donors (Lipinski definition) is 1. The van der Waals surface area contributed by atoms with Gasteiger partial charge in [0.05, 0.1) is 7.11 Å². The van der Waals surface area contributed by atoms with Gasteiger partial charge in [0, 0.05) is 18.3 Å².